The van der Waals surface area contributed by atoms with Gasteiger partial charge in [0.25, 0.3) is 5.91 Å². The molecule has 1 aromatic carbocycles. The highest BCUT2D eigenvalue weighted by Gasteiger charge is 2.28. The van der Waals surface area contributed by atoms with Gasteiger partial charge < -0.3 is 0 Å². The molecule has 7 heteroatoms. The van der Waals surface area contributed by atoms with Crippen molar-refractivity contribution in [1.82, 2.24) is 19.7 Å². The number of fused-ring (bicyclic) bond motifs is 1. The van der Waals surface area contributed by atoms with E-state index in [0.29, 0.717) is 16.6 Å². The second-order valence-corrected chi connectivity index (χ2v) is 8.93. The van der Waals surface area contributed by atoms with Gasteiger partial charge in [0.2, 0.25) is 0 Å². The first-order valence-corrected chi connectivity index (χ1v) is 11.0. The largest absolute Gasteiger partial charge is 0.298 e. The molecule has 3 aromatic heterocycles. The number of nitrogens with zero attached hydrogens (tertiary/aromatic N) is 4. The molecule has 5 rings (SSSR count). The van der Waals surface area contributed by atoms with Crippen LogP contribution in [0.25, 0.3) is 22.3 Å². The van der Waals surface area contributed by atoms with Crippen molar-refractivity contribution in [3.8, 4) is 11.3 Å². The molecule has 1 aliphatic rings. The quantitative estimate of drug-likeness (QED) is 0.499. The third-order valence-electron chi connectivity index (χ3n) is 5.76. The summed E-state index contributed by atoms with van der Waals surface area (Å²) in [6, 6.07) is 8.22. The molecule has 1 saturated carbocycles. The number of hydrogen-bond donors (Lipinski definition) is 1. The van der Waals surface area contributed by atoms with Crippen LogP contribution in [0.4, 0.5) is 5.13 Å². The summed E-state index contributed by atoms with van der Waals surface area (Å²) in [4.78, 5) is 22.6. The van der Waals surface area contributed by atoms with E-state index < -0.39 is 0 Å². The molecule has 0 bridgehead atoms. The fourth-order valence-corrected chi connectivity index (χ4v) is 4.48. The van der Waals surface area contributed by atoms with Crippen LogP contribution in [-0.2, 0) is 7.05 Å². The molecule has 0 aliphatic heterocycles. The zero-order valence-corrected chi connectivity index (χ0v) is 18.3. The number of thiazole rings is 1. The molecule has 152 valence electrons. The average Bonchev–Trinajstić information content (AvgIpc) is 3.41. The van der Waals surface area contributed by atoms with Crippen LogP contribution < -0.4 is 5.32 Å². The number of rotatable bonds is 4. The van der Waals surface area contributed by atoms with Crippen LogP contribution in [0.15, 0.2) is 29.6 Å². The van der Waals surface area contributed by atoms with E-state index in [0.717, 1.165) is 46.5 Å². The van der Waals surface area contributed by atoms with Gasteiger partial charge in [0, 0.05) is 29.6 Å². The minimum atomic E-state index is -0.165. The van der Waals surface area contributed by atoms with Gasteiger partial charge in [0.15, 0.2) is 10.8 Å². The fraction of sp³-hybridized carbons (Fsp3) is 0.304. The number of pyridine rings is 1. The number of benzene rings is 1. The maximum Gasteiger partial charge on any atom is 0.258 e. The van der Waals surface area contributed by atoms with Gasteiger partial charge in [-0.05, 0) is 56.9 Å². The van der Waals surface area contributed by atoms with Gasteiger partial charge in [0.1, 0.15) is 0 Å². The second-order valence-electron chi connectivity index (χ2n) is 8.07. The van der Waals surface area contributed by atoms with E-state index in [2.05, 4.69) is 47.4 Å². The smallest absolute Gasteiger partial charge is 0.258 e. The Kier molecular flexibility index (Phi) is 4.43. The van der Waals surface area contributed by atoms with Crippen molar-refractivity contribution in [2.45, 2.75) is 39.5 Å². The lowest BCUT2D eigenvalue weighted by Crippen LogP contribution is -2.13. The van der Waals surface area contributed by atoms with Crippen molar-refractivity contribution >= 4 is 33.4 Å². The monoisotopic (exact) mass is 417 g/mol. The van der Waals surface area contributed by atoms with E-state index in [1.54, 1.807) is 4.68 Å². The number of anilines is 1. The summed E-state index contributed by atoms with van der Waals surface area (Å²) in [6.45, 7) is 6.10. The molecule has 6 nitrogen and oxygen atoms in total. The highest BCUT2D eigenvalue weighted by atomic mass is 32.1. The van der Waals surface area contributed by atoms with Gasteiger partial charge in [-0.15, -0.1) is 11.3 Å². The molecule has 0 atom stereocenters. The summed E-state index contributed by atoms with van der Waals surface area (Å²) in [6.07, 6.45) is 2.25. The van der Waals surface area contributed by atoms with Gasteiger partial charge in [-0.2, -0.15) is 5.10 Å². The summed E-state index contributed by atoms with van der Waals surface area (Å²) >= 11 is 1.44. The zero-order chi connectivity index (χ0) is 21.0. The topological polar surface area (TPSA) is 72.7 Å². The first kappa shape index (κ1) is 18.9. The molecule has 4 aromatic rings. The van der Waals surface area contributed by atoms with Crippen molar-refractivity contribution in [3.05, 3.63) is 57.7 Å². The van der Waals surface area contributed by atoms with E-state index in [1.807, 2.05) is 25.4 Å². The summed E-state index contributed by atoms with van der Waals surface area (Å²) in [7, 11) is 1.87. The Morgan fingerprint density at radius 1 is 1.13 bits per heavy atom. The number of hydrogen-bond acceptors (Lipinski definition) is 5. The minimum absolute atomic E-state index is 0.165. The van der Waals surface area contributed by atoms with Crippen LogP contribution in [0.3, 0.4) is 0 Å². The normalized spacial score (nSPS) is 13.7. The van der Waals surface area contributed by atoms with Gasteiger partial charge >= 0.3 is 0 Å². The van der Waals surface area contributed by atoms with Gasteiger partial charge in [0.05, 0.1) is 22.3 Å². The first-order valence-electron chi connectivity index (χ1n) is 10.1. The van der Waals surface area contributed by atoms with Crippen LogP contribution in [0, 0.1) is 20.8 Å². The highest BCUT2D eigenvalue weighted by Crippen LogP contribution is 2.40. The molecular weight excluding hydrogens is 394 g/mol. The number of nitrogens with one attached hydrogen (secondary N) is 1. The molecule has 1 amide bonds. The zero-order valence-electron chi connectivity index (χ0n) is 17.5. The SMILES string of the molecule is Cc1ccc(-c2csc(NC(=O)c3cc(C4CC4)nc4c3c(C)nn4C)n2)cc1C. The molecule has 0 spiro atoms. The van der Waals surface area contributed by atoms with Crippen molar-refractivity contribution in [1.29, 1.82) is 0 Å². The lowest BCUT2D eigenvalue weighted by Gasteiger charge is -2.07. The maximum absolute atomic E-state index is 13.2. The second kappa shape index (κ2) is 7.02. The van der Waals surface area contributed by atoms with E-state index in [1.165, 1.54) is 22.5 Å². The molecule has 1 aliphatic carbocycles. The van der Waals surface area contributed by atoms with E-state index in [9.17, 15) is 4.79 Å². The standard InChI is InChI=1S/C23H23N5OS/c1-12-5-6-16(9-13(12)2)19-11-30-23(25-19)26-22(29)17-10-18(15-7-8-15)24-21-20(17)14(3)27-28(21)4/h5-6,9-11,15H,7-8H2,1-4H3,(H,25,26,29). The Hall–Kier alpha value is -3.06. The number of amides is 1. The molecule has 30 heavy (non-hydrogen) atoms. The van der Waals surface area contributed by atoms with Crippen molar-refractivity contribution in [2.75, 3.05) is 5.32 Å². The average molecular weight is 418 g/mol. The Labute approximate surface area is 179 Å². The molecule has 0 saturated heterocycles. The Morgan fingerprint density at radius 2 is 1.93 bits per heavy atom. The maximum atomic E-state index is 13.2. The Bertz CT molecular complexity index is 1300. The molecule has 1 N–H and O–H groups in total. The number of carbonyl (C=O) groups excluding carboxylic acids is 1. The van der Waals surface area contributed by atoms with E-state index in [4.69, 9.17) is 4.98 Å². The predicted molar refractivity (Wildman–Crippen MR) is 120 cm³/mol. The van der Waals surface area contributed by atoms with E-state index >= 15 is 0 Å². The third kappa shape index (κ3) is 3.29. The summed E-state index contributed by atoms with van der Waals surface area (Å²) in [5.74, 6) is 0.286. The number of aryl methyl sites for hydroxylation is 4. The molecule has 0 radical (unpaired) electrons. The van der Waals surface area contributed by atoms with Crippen LogP contribution in [-0.4, -0.2) is 25.7 Å². The Morgan fingerprint density at radius 3 is 2.67 bits per heavy atom. The van der Waals surface area contributed by atoms with Gasteiger partial charge in [-0.3, -0.25) is 14.8 Å². The van der Waals surface area contributed by atoms with Gasteiger partial charge in [-0.1, -0.05) is 12.1 Å². The minimum Gasteiger partial charge on any atom is -0.298 e. The molecule has 1 fully saturated rings. The van der Waals surface area contributed by atoms with Crippen LogP contribution in [0.1, 0.15) is 51.6 Å². The van der Waals surface area contributed by atoms with Crippen LogP contribution in [0.5, 0.6) is 0 Å². The summed E-state index contributed by atoms with van der Waals surface area (Å²) in [5.41, 5.74) is 7.57. The lowest BCUT2D eigenvalue weighted by molar-refractivity contribution is 0.102. The summed E-state index contributed by atoms with van der Waals surface area (Å²) < 4.78 is 1.76. The highest BCUT2D eigenvalue weighted by molar-refractivity contribution is 7.14. The predicted octanol–water partition coefficient (Wildman–Crippen LogP) is 5.15. The first-order chi connectivity index (χ1) is 14.4. The molecular formula is C23H23N5OS. The molecule has 0 unspecified atom stereocenters. The molecule has 3 heterocycles. The van der Waals surface area contributed by atoms with Crippen molar-refractivity contribution < 1.29 is 4.79 Å². The number of carbonyl (C=O) groups is 1. The van der Waals surface area contributed by atoms with Crippen LogP contribution >= 0.6 is 11.3 Å². The fourth-order valence-electron chi connectivity index (χ4n) is 3.76. The van der Waals surface area contributed by atoms with Crippen molar-refractivity contribution in [3.63, 3.8) is 0 Å². The van der Waals surface area contributed by atoms with Crippen LogP contribution in [0.2, 0.25) is 0 Å². The lowest BCUT2D eigenvalue weighted by atomic mass is 10.1. The number of aromatic nitrogens is 4. The summed E-state index contributed by atoms with van der Waals surface area (Å²) in [5, 5.41) is 10.9. The third-order valence-corrected chi connectivity index (χ3v) is 6.51. The van der Waals surface area contributed by atoms with E-state index in [-0.39, 0.29) is 5.91 Å². The van der Waals surface area contributed by atoms with Gasteiger partial charge in [-0.25, -0.2) is 9.97 Å². The Balaban J connectivity index is 1.48. The van der Waals surface area contributed by atoms with Crippen molar-refractivity contribution in [2.24, 2.45) is 7.05 Å².